The first kappa shape index (κ1) is 20.4. The number of morpholine rings is 1. The van der Waals surface area contributed by atoms with Crippen LogP contribution in [-0.4, -0.2) is 46.4 Å². The number of ether oxygens (including phenoxy) is 1. The molecule has 1 N–H and O–H groups in total. The third-order valence-corrected chi connectivity index (χ3v) is 5.34. The van der Waals surface area contributed by atoms with Crippen molar-refractivity contribution in [2.75, 3.05) is 31.2 Å². The lowest BCUT2D eigenvalue weighted by molar-refractivity contribution is -0.122. The Labute approximate surface area is 176 Å². The van der Waals surface area contributed by atoms with Crippen molar-refractivity contribution in [1.82, 2.24) is 19.5 Å². The summed E-state index contributed by atoms with van der Waals surface area (Å²) in [6.07, 6.45) is 0. The smallest absolute Gasteiger partial charge is 0.352 e. The van der Waals surface area contributed by atoms with Crippen LogP contribution in [0.4, 0.5) is 10.2 Å². The van der Waals surface area contributed by atoms with Crippen LogP contribution in [0.25, 0.3) is 5.65 Å². The van der Waals surface area contributed by atoms with Crippen molar-refractivity contribution >= 4 is 29.0 Å². The molecule has 4 rings (SSSR count). The Morgan fingerprint density at radius 3 is 2.80 bits per heavy atom. The van der Waals surface area contributed by atoms with Gasteiger partial charge in [-0.25, -0.2) is 18.3 Å². The summed E-state index contributed by atoms with van der Waals surface area (Å²) in [6.45, 7) is 4.00. The number of benzene rings is 1. The first-order valence-electron chi connectivity index (χ1n) is 9.59. The van der Waals surface area contributed by atoms with Crippen LogP contribution in [0.2, 0.25) is 5.02 Å². The highest BCUT2D eigenvalue weighted by Crippen LogP contribution is 2.20. The Morgan fingerprint density at radius 2 is 2.07 bits per heavy atom. The van der Waals surface area contributed by atoms with E-state index >= 15 is 0 Å². The van der Waals surface area contributed by atoms with E-state index < -0.39 is 23.5 Å². The van der Waals surface area contributed by atoms with Crippen molar-refractivity contribution in [2.45, 2.75) is 19.5 Å². The fourth-order valence-corrected chi connectivity index (χ4v) is 3.59. The van der Waals surface area contributed by atoms with Crippen molar-refractivity contribution in [2.24, 2.45) is 0 Å². The number of aromatic nitrogens is 3. The molecule has 1 aliphatic rings. The van der Waals surface area contributed by atoms with E-state index in [0.29, 0.717) is 37.5 Å². The summed E-state index contributed by atoms with van der Waals surface area (Å²) in [4.78, 5) is 27.5. The highest BCUT2D eigenvalue weighted by molar-refractivity contribution is 6.30. The van der Waals surface area contributed by atoms with Gasteiger partial charge in [0.25, 0.3) is 0 Å². The third kappa shape index (κ3) is 4.03. The molecule has 1 amide bonds. The lowest BCUT2D eigenvalue weighted by Gasteiger charge is -2.28. The highest BCUT2D eigenvalue weighted by atomic mass is 35.5. The van der Waals surface area contributed by atoms with Crippen molar-refractivity contribution < 1.29 is 13.9 Å². The molecule has 0 bridgehead atoms. The van der Waals surface area contributed by atoms with E-state index in [1.165, 1.54) is 16.5 Å². The average Bonchev–Trinajstić information content (AvgIpc) is 3.06. The van der Waals surface area contributed by atoms with Crippen LogP contribution in [0.3, 0.4) is 0 Å². The van der Waals surface area contributed by atoms with Crippen LogP contribution in [0, 0.1) is 5.82 Å². The second-order valence-corrected chi connectivity index (χ2v) is 7.49. The van der Waals surface area contributed by atoms with E-state index in [9.17, 15) is 14.0 Å². The summed E-state index contributed by atoms with van der Waals surface area (Å²) in [7, 11) is 0. The molecule has 0 aliphatic carbocycles. The van der Waals surface area contributed by atoms with Crippen molar-refractivity contribution in [3.63, 3.8) is 0 Å². The molecule has 0 spiro atoms. The molecule has 1 aromatic carbocycles. The average molecular weight is 434 g/mol. The van der Waals surface area contributed by atoms with Gasteiger partial charge in [-0.2, -0.15) is 0 Å². The van der Waals surface area contributed by atoms with Gasteiger partial charge >= 0.3 is 5.69 Å². The summed E-state index contributed by atoms with van der Waals surface area (Å²) in [5, 5.41) is 7.06. The molecule has 8 nitrogen and oxygen atoms in total. The van der Waals surface area contributed by atoms with E-state index in [-0.39, 0.29) is 11.6 Å². The van der Waals surface area contributed by atoms with Gasteiger partial charge < -0.3 is 15.0 Å². The minimum atomic E-state index is -0.553. The van der Waals surface area contributed by atoms with Gasteiger partial charge in [-0.05, 0) is 36.8 Å². The zero-order valence-electron chi connectivity index (χ0n) is 16.3. The van der Waals surface area contributed by atoms with E-state index in [1.54, 1.807) is 19.1 Å². The van der Waals surface area contributed by atoms with Gasteiger partial charge in [-0.15, -0.1) is 5.10 Å². The second kappa shape index (κ2) is 8.45. The van der Waals surface area contributed by atoms with E-state index in [2.05, 4.69) is 15.3 Å². The molecule has 1 fully saturated rings. The molecule has 10 heteroatoms. The minimum absolute atomic E-state index is 0.0181. The SMILES string of the molecule is C[C@H](NC(=O)Cn1nc2cccc(N3CCOCC3)n2c1=O)c1ccc(Cl)c(F)c1. The quantitative estimate of drug-likeness (QED) is 0.665. The Hall–Kier alpha value is -2.91. The molecule has 158 valence electrons. The molecule has 3 heterocycles. The summed E-state index contributed by atoms with van der Waals surface area (Å²) < 4.78 is 21.7. The van der Waals surface area contributed by atoms with Crippen LogP contribution in [0.5, 0.6) is 0 Å². The number of anilines is 1. The van der Waals surface area contributed by atoms with Gasteiger partial charge in [0.15, 0.2) is 5.65 Å². The number of amides is 1. The normalized spacial score (nSPS) is 15.4. The highest BCUT2D eigenvalue weighted by Gasteiger charge is 2.19. The van der Waals surface area contributed by atoms with Crippen LogP contribution in [0.1, 0.15) is 18.5 Å². The first-order valence-corrected chi connectivity index (χ1v) is 9.97. The number of carbonyl (C=O) groups is 1. The van der Waals surface area contributed by atoms with Gasteiger partial charge in [0.2, 0.25) is 5.91 Å². The van der Waals surface area contributed by atoms with Crippen molar-refractivity contribution in [1.29, 1.82) is 0 Å². The van der Waals surface area contributed by atoms with E-state index in [4.69, 9.17) is 16.3 Å². The molecule has 1 aliphatic heterocycles. The molecule has 3 aromatic rings. The second-order valence-electron chi connectivity index (χ2n) is 7.08. The summed E-state index contributed by atoms with van der Waals surface area (Å²) in [5.74, 6) is -0.240. The predicted octanol–water partition coefficient (Wildman–Crippen LogP) is 2.00. The monoisotopic (exact) mass is 433 g/mol. The van der Waals surface area contributed by atoms with Gasteiger partial charge in [-0.3, -0.25) is 4.79 Å². The van der Waals surface area contributed by atoms with Crippen LogP contribution < -0.4 is 15.9 Å². The predicted molar refractivity (Wildman–Crippen MR) is 110 cm³/mol. The Bertz CT molecular complexity index is 1140. The van der Waals surface area contributed by atoms with Gasteiger partial charge in [0.1, 0.15) is 18.2 Å². The van der Waals surface area contributed by atoms with E-state index in [0.717, 1.165) is 10.5 Å². The lowest BCUT2D eigenvalue weighted by Crippen LogP contribution is -2.39. The minimum Gasteiger partial charge on any atom is -0.378 e. The van der Waals surface area contributed by atoms with Crippen LogP contribution in [0.15, 0.2) is 41.2 Å². The van der Waals surface area contributed by atoms with Gasteiger partial charge in [0, 0.05) is 13.1 Å². The Morgan fingerprint density at radius 1 is 1.30 bits per heavy atom. The Kier molecular flexibility index (Phi) is 5.74. The van der Waals surface area contributed by atoms with Gasteiger partial charge in [-0.1, -0.05) is 23.7 Å². The molecule has 1 atom stereocenters. The zero-order valence-corrected chi connectivity index (χ0v) is 17.1. The molecular formula is C20H21ClFN5O3. The summed E-state index contributed by atoms with van der Waals surface area (Å²) in [5.41, 5.74) is 0.638. The summed E-state index contributed by atoms with van der Waals surface area (Å²) >= 11 is 5.70. The van der Waals surface area contributed by atoms with Crippen LogP contribution >= 0.6 is 11.6 Å². The number of halogens is 2. The number of pyridine rings is 1. The molecule has 0 unspecified atom stereocenters. The van der Waals surface area contributed by atoms with Crippen LogP contribution in [-0.2, 0) is 16.1 Å². The number of nitrogens with one attached hydrogen (secondary N) is 1. The fourth-order valence-electron chi connectivity index (χ4n) is 3.47. The number of hydrogen-bond acceptors (Lipinski definition) is 5. The maximum Gasteiger partial charge on any atom is 0.352 e. The summed E-state index contributed by atoms with van der Waals surface area (Å²) in [6, 6.07) is 9.30. The maximum atomic E-state index is 13.7. The standard InChI is InChI=1S/C20H21ClFN5O3/c1-13(14-5-6-15(21)16(22)11-14)23-18(28)12-26-20(29)27-17(24-26)3-2-4-19(27)25-7-9-30-10-8-25/h2-6,11,13H,7-10,12H2,1H3,(H,23,28)/t13-/m0/s1. The zero-order chi connectivity index (χ0) is 21.3. The molecule has 1 saturated heterocycles. The Balaban J connectivity index is 1.53. The maximum absolute atomic E-state index is 13.7. The molecule has 0 radical (unpaired) electrons. The van der Waals surface area contributed by atoms with Crippen molar-refractivity contribution in [3.05, 3.63) is 63.3 Å². The fraction of sp³-hybridized carbons (Fsp3) is 0.350. The first-order chi connectivity index (χ1) is 14.4. The van der Waals surface area contributed by atoms with E-state index in [1.807, 2.05) is 12.1 Å². The number of rotatable bonds is 5. The molecule has 2 aromatic heterocycles. The molecule has 30 heavy (non-hydrogen) atoms. The number of carbonyl (C=O) groups excluding carboxylic acids is 1. The number of nitrogens with zero attached hydrogens (tertiary/aromatic N) is 4. The van der Waals surface area contributed by atoms with Crippen molar-refractivity contribution in [3.8, 4) is 0 Å². The molecule has 0 saturated carbocycles. The topological polar surface area (TPSA) is 80.9 Å². The molecular weight excluding hydrogens is 413 g/mol. The van der Waals surface area contributed by atoms with Gasteiger partial charge in [0.05, 0.1) is 24.3 Å². The lowest BCUT2D eigenvalue weighted by atomic mass is 10.1. The number of fused-ring (bicyclic) bond motifs is 1. The number of hydrogen-bond donors (Lipinski definition) is 1. The third-order valence-electron chi connectivity index (χ3n) is 5.03. The largest absolute Gasteiger partial charge is 0.378 e.